The first-order valence-electron chi connectivity index (χ1n) is 9.72. The van der Waals surface area contributed by atoms with Gasteiger partial charge in [-0.15, -0.1) is 11.3 Å². The number of hydrogen-bond acceptors (Lipinski definition) is 5. The number of hydrogen-bond donors (Lipinski definition) is 1. The van der Waals surface area contributed by atoms with E-state index >= 15 is 0 Å². The van der Waals surface area contributed by atoms with Crippen molar-refractivity contribution in [1.29, 1.82) is 0 Å². The normalized spacial score (nSPS) is 16.2. The zero-order chi connectivity index (χ0) is 19.5. The second kappa shape index (κ2) is 8.29. The maximum Gasteiger partial charge on any atom is 0.287 e. The van der Waals surface area contributed by atoms with Gasteiger partial charge in [0, 0.05) is 17.5 Å². The number of amides is 1. The monoisotopic (exact) mass is 396 g/mol. The van der Waals surface area contributed by atoms with Crippen molar-refractivity contribution in [2.45, 2.75) is 32.2 Å². The summed E-state index contributed by atoms with van der Waals surface area (Å²) in [6, 6.07) is 11.0. The first kappa shape index (κ1) is 18.9. The lowest BCUT2D eigenvalue weighted by molar-refractivity contribution is 0.0899. The van der Waals surface area contributed by atoms with Crippen LogP contribution in [-0.4, -0.2) is 30.4 Å². The topological polar surface area (TPSA) is 62.6 Å². The molecule has 146 valence electrons. The number of thiophene rings is 1. The summed E-state index contributed by atoms with van der Waals surface area (Å²) in [6.07, 6.45) is 3.64. The van der Waals surface area contributed by atoms with E-state index in [-0.39, 0.29) is 23.1 Å². The SMILES string of the molecule is Cc1ccc2oc(C(=O)NC[C@H](c3cccs3)N3CCCCC3)cc(=O)c2c1. The fourth-order valence-electron chi connectivity index (χ4n) is 3.78. The molecule has 1 aromatic carbocycles. The molecule has 0 spiro atoms. The molecule has 4 rings (SSSR count). The molecule has 1 N–H and O–H groups in total. The van der Waals surface area contributed by atoms with Gasteiger partial charge in [0.15, 0.2) is 11.2 Å². The number of nitrogens with zero attached hydrogens (tertiary/aromatic N) is 1. The Bertz CT molecular complexity index is 1020. The second-order valence-corrected chi connectivity index (χ2v) is 8.29. The molecule has 3 heterocycles. The lowest BCUT2D eigenvalue weighted by Crippen LogP contribution is -2.40. The van der Waals surface area contributed by atoms with Gasteiger partial charge in [0.05, 0.1) is 11.4 Å². The minimum absolute atomic E-state index is 0.0601. The molecule has 0 unspecified atom stereocenters. The molecule has 0 radical (unpaired) electrons. The number of piperidine rings is 1. The van der Waals surface area contributed by atoms with Crippen LogP contribution in [-0.2, 0) is 0 Å². The van der Waals surface area contributed by atoms with E-state index in [2.05, 4.69) is 21.7 Å². The summed E-state index contributed by atoms with van der Waals surface area (Å²) in [6.45, 7) is 4.51. The molecule has 1 atom stereocenters. The van der Waals surface area contributed by atoms with E-state index in [1.54, 1.807) is 23.5 Å². The minimum atomic E-state index is -0.349. The van der Waals surface area contributed by atoms with E-state index in [0.717, 1.165) is 18.7 Å². The third kappa shape index (κ3) is 4.03. The van der Waals surface area contributed by atoms with Crippen molar-refractivity contribution in [2.75, 3.05) is 19.6 Å². The highest BCUT2D eigenvalue weighted by Crippen LogP contribution is 2.27. The quantitative estimate of drug-likeness (QED) is 0.705. The van der Waals surface area contributed by atoms with Crippen LogP contribution < -0.4 is 10.7 Å². The van der Waals surface area contributed by atoms with Gasteiger partial charge in [-0.25, -0.2) is 0 Å². The molecule has 28 heavy (non-hydrogen) atoms. The molecule has 6 heteroatoms. The lowest BCUT2D eigenvalue weighted by atomic mass is 10.1. The Morgan fingerprint density at radius 3 is 2.79 bits per heavy atom. The molecular formula is C22H24N2O3S. The number of benzene rings is 1. The van der Waals surface area contributed by atoms with E-state index in [1.165, 1.54) is 30.2 Å². The van der Waals surface area contributed by atoms with E-state index in [4.69, 9.17) is 4.42 Å². The van der Waals surface area contributed by atoms with Crippen molar-refractivity contribution in [3.8, 4) is 0 Å². The van der Waals surface area contributed by atoms with Crippen molar-refractivity contribution in [3.05, 3.63) is 68.2 Å². The molecule has 1 aliphatic heterocycles. The summed E-state index contributed by atoms with van der Waals surface area (Å²) < 4.78 is 5.70. The third-order valence-electron chi connectivity index (χ3n) is 5.27. The van der Waals surface area contributed by atoms with Gasteiger partial charge in [0.2, 0.25) is 0 Å². The Morgan fingerprint density at radius 1 is 1.21 bits per heavy atom. The Labute approximate surface area is 168 Å². The van der Waals surface area contributed by atoms with Crippen molar-refractivity contribution in [3.63, 3.8) is 0 Å². The standard InChI is InChI=1S/C22H24N2O3S/c1-15-7-8-19-16(12-15)18(25)13-20(27-19)22(26)23-14-17(21-6-5-11-28-21)24-9-3-2-4-10-24/h5-8,11-13,17H,2-4,9-10,14H2,1H3,(H,23,26)/t17-/m1/s1. The van der Waals surface area contributed by atoms with Crippen molar-refractivity contribution in [2.24, 2.45) is 0 Å². The van der Waals surface area contributed by atoms with Crippen LogP contribution in [0.2, 0.25) is 0 Å². The summed E-state index contributed by atoms with van der Waals surface area (Å²) in [7, 11) is 0. The summed E-state index contributed by atoms with van der Waals surface area (Å²) in [4.78, 5) is 28.8. The van der Waals surface area contributed by atoms with Crippen LogP contribution in [0.1, 0.15) is 46.3 Å². The van der Waals surface area contributed by atoms with Crippen LogP contribution in [0.25, 0.3) is 11.0 Å². The number of carbonyl (C=O) groups is 1. The Hall–Kier alpha value is -2.44. The third-order valence-corrected chi connectivity index (χ3v) is 6.24. The highest BCUT2D eigenvalue weighted by atomic mass is 32.1. The molecule has 2 aromatic heterocycles. The van der Waals surface area contributed by atoms with Gasteiger partial charge in [-0.3, -0.25) is 14.5 Å². The van der Waals surface area contributed by atoms with Crippen molar-refractivity contribution < 1.29 is 9.21 Å². The Balaban J connectivity index is 1.53. The number of carbonyl (C=O) groups excluding carboxylic acids is 1. The summed E-state index contributed by atoms with van der Waals surface area (Å²) >= 11 is 1.71. The van der Waals surface area contributed by atoms with Crippen LogP contribution in [0.3, 0.4) is 0 Å². The Morgan fingerprint density at radius 2 is 2.04 bits per heavy atom. The molecule has 1 aliphatic rings. The van der Waals surface area contributed by atoms with E-state index in [1.807, 2.05) is 19.1 Å². The predicted molar refractivity (Wildman–Crippen MR) is 112 cm³/mol. The summed E-state index contributed by atoms with van der Waals surface area (Å²) in [5, 5.41) is 5.55. The van der Waals surface area contributed by atoms with Gasteiger partial charge in [-0.1, -0.05) is 24.1 Å². The number of likely N-dealkylation sites (tertiary alicyclic amines) is 1. The zero-order valence-corrected chi connectivity index (χ0v) is 16.8. The molecule has 1 saturated heterocycles. The smallest absolute Gasteiger partial charge is 0.287 e. The highest BCUT2D eigenvalue weighted by Gasteiger charge is 2.24. The van der Waals surface area contributed by atoms with Crippen LogP contribution in [0.5, 0.6) is 0 Å². The van der Waals surface area contributed by atoms with Gasteiger partial charge >= 0.3 is 0 Å². The fraction of sp³-hybridized carbons (Fsp3) is 0.364. The van der Waals surface area contributed by atoms with Gasteiger partial charge in [-0.2, -0.15) is 0 Å². The van der Waals surface area contributed by atoms with Gasteiger partial charge in [-0.05, 0) is 56.4 Å². The Kier molecular flexibility index (Phi) is 5.59. The number of nitrogens with one attached hydrogen (secondary N) is 1. The van der Waals surface area contributed by atoms with Crippen LogP contribution >= 0.6 is 11.3 Å². The molecule has 0 aliphatic carbocycles. The zero-order valence-electron chi connectivity index (χ0n) is 15.9. The van der Waals surface area contributed by atoms with Crippen molar-refractivity contribution >= 4 is 28.2 Å². The molecule has 0 saturated carbocycles. The maximum absolute atomic E-state index is 12.7. The predicted octanol–water partition coefficient (Wildman–Crippen LogP) is 4.12. The molecule has 3 aromatic rings. The van der Waals surface area contributed by atoms with Gasteiger partial charge < -0.3 is 9.73 Å². The highest BCUT2D eigenvalue weighted by molar-refractivity contribution is 7.10. The second-order valence-electron chi connectivity index (χ2n) is 7.31. The fourth-order valence-corrected chi connectivity index (χ4v) is 4.64. The van der Waals surface area contributed by atoms with E-state index in [0.29, 0.717) is 17.5 Å². The lowest BCUT2D eigenvalue weighted by Gasteiger charge is -2.34. The van der Waals surface area contributed by atoms with Crippen LogP contribution in [0.15, 0.2) is 51.0 Å². The van der Waals surface area contributed by atoms with Crippen LogP contribution in [0.4, 0.5) is 0 Å². The molecule has 1 amide bonds. The largest absolute Gasteiger partial charge is 0.451 e. The summed E-state index contributed by atoms with van der Waals surface area (Å²) in [5.41, 5.74) is 1.23. The maximum atomic E-state index is 12.7. The van der Waals surface area contributed by atoms with E-state index < -0.39 is 0 Å². The molecular weight excluding hydrogens is 372 g/mol. The first-order chi connectivity index (χ1) is 13.6. The molecule has 5 nitrogen and oxygen atoms in total. The van der Waals surface area contributed by atoms with Crippen molar-refractivity contribution in [1.82, 2.24) is 10.2 Å². The number of fused-ring (bicyclic) bond motifs is 1. The van der Waals surface area contributed by atoms with Gasteiger partial charge in [0.1, 0.15) is 5.58 Å². The summed E-state index contributed by atoms with van der Waals surface area (Å²) in [5.74, 6) is -0.289. The molecule has 0 bridgehead atoms. The van der Waals surface area contributed by atoms with Crippen LogP contribution in [0, 0.1) is 6.92 Å². The van der Waals surface area contributed by atoms with E-state index in [9.17, 15) is 9.59 Å². The first-order valence-corrected chi connectivity index (χ1v) is 10.6. The minimum Gasteiger partial charge on any atom is -0.451 e. The average molecular weight is 397 g/mol. The number of rotatable bonds is 5. The average Bonchev–Trinajstić information content (AvgIpc) is 3.24. The number of aryl methyl sites for hydroxylation is 1. The van der Waals surface area contributed by atoms with Gasteiger partial charge in [0.25, 0.3) is 5.91 Å². The molecule has 1 fully saturated rings.